The van der Waals surface area contributed by atoms with Gasteiger partial charge in [-0.15, -0.1) is 0 Å². The van der Waals surface area contributed by atoms with E-state index in [2.05, 4.69) is 9.98 Å². The van der Waals surface area contributed by atoms with Gasteiger partial charge in [-0.05, 0) is 48.4 Å². The van der Waals surface area contributed by atoms with Gasteiger partial charge < -0.3 is 4.90 Å². The fraction of sp³-hybridized carbons (Fsp3) is 0.167. The molecule has 0 aliphatic carbocycles. The third kappa shape index (κ3) is 3.10. The van der Waals surface area contributed by atoms with Gasteiger partial charge >= 0.3 is 0 Å². The average Bonchev–Trinajstić information content (AvgIpc) is 2.94. The first-order valence-electron chi connectivity index (χ1n) is 7.79. The van der Waals surface area contributed by atoms with Gasteiger partial charge in [0.15, 0.2) is 4.80 Å². The number of rotatable bonds is 2. The molecule has 25 heavy (non-hydrogen) atoms. The number of thiazole rings is 1. The number of nitrogens with zero attached hydrogens (tertiary/aromatic N) is 4. The molecule has 7 heteroatoms. The minimum absolute atomic E-state index is 0.0246. The largest absolute Gasteiger partial charge is 0.334 e. The summed E-state index contributed by atoms with van der Waals surface area (Å²) in [6.45, 7) is 2.95. The Hall–Kier alpha value is -2.44. The molecule has 0 amide bonds. The van der Waals surface area contributed by atoms with Gasteiger partial charge in [-0.1, -0.05) is 29.0 Å². The maximum atomic E-state index is 12.7. The fourth-order valence-electron chi connectivity index (χ4n) is 2.66. The lowest BCUT2D eigenvalue weighted by molar-refractivity contribution is 0.569. The molecule has 3 aromatic rings. The molecule has 5 nitrogen and oxygen atoms in total. The summed E-state index contributed by atoms with van der Waals surface area (Å²) in [4.78, 5) is 24.1. The van der Waals surface area contributed by atoms with Crippen molar-refractivity contribution in [3.05, 3.63) is 78.6 Å². The quantitative estimate of drug-likeness (QED) is 0.694. The SMILES string of the molecule is Cc1ccc(N2CN=c3sc(=Cc4ccncc4)c(=O)n3C2)cc1Cl. The van der Waals surface area contributed by atoms with Crippen LogP contribution in [0.2, 0.25) is 5.02 Å². The Kier molecular flexibility index (Phi) is 4.15. The second-order valence-electron chi connectivity index (χ2n) is 5.82. The van der Waals surface area contributed by atoms with Gasteiger partial charge in [-0.25, -0.2) is 4.99 Å². The van der Waals surface area contributed by atoms with E-state index >= 15 is 0 Å². The van der Waals surface area contributed by atoms with Gasteiger partial charge in [0.1, 0.15) is 13.3 Å². The molecule has 3 heterocycles. The maximum absolute atomic E-state index is 12.7. The Bertz CT molecular complexity index is 1100. The Labute approximate surface area is 153 Å². The number of aryl methyl sites for hydroxylation is 1. The van der Waals surface area contributed by atoms with E-state index in [1.54, 1.807) is 17.0 Å². The summed E-state index contributed by atoms with van der Waals surface area (Å²) in [6.07, 6.45) is 5.30. The fourth-order valence-corrected chi connectivity index (χ4v) is 3.80. The summed E-state index contributed by atoms with van der Waals surface area (Å²) in [5, 5.41) is 0.715. The van der Waals surface area contributed by atoms with Crippen molar-refractivity contribution in [3.8, 4) is 0 Å². The predicted molar refractivity (Wildman–Crippen MR) is 101 cm³/mol. The highest BCUT2D eigenvalue weighted by Crippen LogP contribution is 2.23. The van der Waals surface area contributed by atoms with Gasteiger partial charge in [-0.2, -0.15) is 0 Å². The predicted octanol–water partition coefficient (Wildman–Crippen LogP) is 2.15. The van der Waals surface area contributed by atoms with Crippen molar-refractivity contribution < 1.29 is 0 Å². The Morgan fingerprint density at radius 2 is 2.04 bits per heavy atom. The van der Waals surface area contributed by atoms with Crippen LogP contribution in [0.25, 0.3) is 6.08 Å². The van der Waals surface area contributed by atoms with Crippen LogP contribution in [0.4, 0.5) is 5.69 Å². The molecule has 0 N–H and O–H groups in total. The van der Waals surface area contributed by atoms with Crippen LogP contribution in [0.1, 0.15) is 11.1 Å². The topological polar surface area (TPSA) is 50.5 Å². The lowest BCUT2D eigenvalue weighted by Gasteiger charge is -2.26. The molecule has 4 rings (SSSR count). The van der Waals surface area contributed by atoms with E-state index in [-0.39, 0.29) is 5.56 Å². The van der Waals surface area contributed by atoms with Gasteiger partial charge in [0.05, 0.1) is 4.53 Å². The van der Waals surface area contributed by atoms with E-state index in [4.69, 9.17) is 11.6 Å². The third-order valence-electron chi connectivity index (χ3n) is 4.10. The number of aromatic nitrogens is 2. The molecule has 0 saturated heterocycles. The van der Waals surface area contributed by atoms with Gasteiger partial charge in [0, 0.05) is 23.1 Å². The molecule has 0 fully saturated rings. The number of pyridine rings is 1. The van der Waals surface area contributed by atoms with Crippen molar-refractivity contribution in [1.29, 1.82) is 0 Å². The van der Waals surface area contributed by atoms with Crippen LogP contribution in [-0.4, -0.2) is 16.2 Å². The number of hydrogen-bond donors (Lipinski definition) is 0. The smallest absolute Gasteiger partial charge is 0.271 e. The number of anilines is 1. The van der Waals surface area contributed by atoms with Crippen molar-refractivity contribution in [3.63, 3.8) is 0 Å². The van der Waals surface area contributed by atoms with E-state index in [1.807, 2.05) is 48.2 Å². The average molecular weight is 371 g/mol. The summed E-state index contributed by atoms with van der Waals surface area (Å²) >= 11 is 7.64. The van der Waals surface area contributed by atoms with Crippen molar-refractivity contribution in [2.45, 2.75) is 13.6 Å². The first-order valence-corrected chi connectivity index (χ1v) is 8.98. The first-order chi connectivity index (χ1) is 12.1. The summed E-state index contributed by atoms with van der Waals surface area (Å²) in [7, 11) is 0. The molecule has 126 valence electrons. The molecular weight excluding hydrogens is 356 g/mol. The molecule has 1 aliphatic heterocycles. The van der Waals surface area contributed by atoms with Crippen LogP contribution < -0.4 is 19.8 Å². The van der Waals surface area contributed by atoms with E-state index in [1.165, 1.54) is 11.3 Å². The standard InChI is InChI=1S/C18H15ClN4OS/c1-12-2-3-14(9-15(12)19)22-10-21-18-23(11-22)17(24)16(25-18)8-13-4-6-20-7-5-13/h2-9H,10-11H2,1H3. The molecule has 0 atom stereocenters. The molecule has 0 unspecified atom stereocenters. The Morgan fingerprint density at radius 3 is 2.80 bits per heavy atom. The molecular formula is C18H15ClN4OS. The molecule has 0 radical (unpaired) electrons. The van der Waals surface area contributed by atoms with Crippen LogP contribution >= 0.6 is 22.9 Å². The highest BCUT2D eigenvalue weighted by Gasteiger charge is 2.16. The Balaban J connectivity index is 1.72. The minimum atomic E-state index is -0.0246. The normalized spacial score (nSPS) is 14.3. The van der Waals surface area contributed by atoms with E-state index in [0.717, 1.165) is 21.6 Å². The van der Waals surface area contributed by atoms with Crippen LogP contribution in [0.3, 0.4) is 0 Å². The number of benzene rings is 1. The minimum Gasteiger partial charge on any atom is -0.334 e. The van der Waals surface area contributed by atoms with Crippen molar-refractivity contribution in [1.82, 2.24) is 9.55 Å². The number of hydrogen-bond acceptors (Lipinski definition) is 5. The lowest BCUT2D eigenvalue weighted by Crippen LogP contribution is -2.42. The zero-order valence-electron chi connectivity index (χ0n) is 13.5. The van der Waals surface area contributed by atoms with Gasteiger partial charge in [-0.3, -0.25) is 14.3 Å². The van der Waals surface area contributed by atoms with E-state index in [0.29, 0.717) is 22.9 Å². The first kappa shape index (κ1) is 16.1. The number of halogens is 1. The van der Waals surface area contributed by atoms with Crippen LogP contribution in [0, 0.1) is 6.92 Å². The molecule has 1 aromatic carbocycles. The van der Waals surface area contributed by atoms with Gasteiger partial charge in [0.2, 0.25) is 0 Å². The maximum Gasteiger partial charge on any atom is 0.271 e. The summed E-state index contributed by atoms with van der Waals surface area (Å²) < 4.78 is 2.38. The zero-order valence-corrected chi connectivity index (χ0v) is 15.1. The molecule has 0 saturated carbocycles. The van der Waals surface area contributed by atoms with Gasteiger partial charge in [0.25, 0.3) is 5.56 Å². The number of fused-ring (bicyclic) bond motifs is 1. The van der Waals surface area contributed by atoms with Crippen LogP contribution in [0.5, 0.6) is 0 Å². The zero-order chi connectivity index (χ0) is 17.4. The summed E-state index contributed by atoms with van der Waals surface area (Å²) in [6, 6.07) is 9.65. The van der Waals surface area contributed by atoms with Crippen molar-refractivity contribution in [2.75, 3.05) is 11.6 Å². The molecule has 0 bridgehead atoms. The second-order valence-corrected chi connectivity index (χ2v) is 7.24. The second kappa shape index (κ2) is 6.46. The lowest BCUT2D eigenvalue weighted by atomic mass is 10.2. The summed E-state index contributed by atoms with van der Waals surface area (Å²) in [5.74, 6) is 0. The van der Waals surface area contributed by atoms with Crippen LogP contribution in [0.15, 0.2) is 52.5 Å². The highest BCUT2D eigenvalue weighted by molar-refractivity contribution is 7.07. The van der Waals surface area contributed by atoms with Crippen molar-refractivity contribution >= 4 is 34.7 Å². The van der Waals surface area contributed by atoms with Crippen molar-refractivity contribution in [2.24, 2.45) is 4.99 Å². The summed E-state index contributed by atoms with van der Waals surface area (Å²) in [5.41, 5.74) is 2.92. The highest BCUT2D eigenvalue weighted by atomic mass is 35.5. The monoisotopic (exact) mass is 370 g/mol. The van der Waals surface area contributed by atoms with E-state index in [9.17, 15) is 4.79 Å². The molecule has 0 spiro atoms. The van der Waals surface area contributed by atoms with Crippen LogP contribution in [-0.2, 0) is 6.67 Å². The van der Waals surface area contributed by atoms with E-state index < -0.39 is 0 Å². The molecule has 1 aliphatic rings. The molecule has 2 aromatic heterocycles. The third-order valence-corrected chi connectivity index (χ3v) is 5.55. The Morgan fingerprint density at radius 1 is 1.24 bits per heavy atom.